The van der Waals surface area contributed by atoms with E-state index in [9.17, 15) is 0 Å². The molecule has 2 rings (SSSR count). The van der Waals surface area contributed by atoms with Crippen LogP contribution >= 0.6 is 11.6 Å². The Morgan fingerprint density at radius 1 is 1.33 bits per heavy atom. The first-order chi connectivity index (χ1) is 7.31. The van der Waals surface area contributed by atoms with Gasteiger partial charge in [-0.1, -0.05) is 29.8 Å². The molecule has 2 nitrogen and oxygen atoms in total. The third-order valence-electron chi connectivity index (χ3n) is 2.13. The lowest BCUT2D eigenvalue weighted by molar-refractivity contribution is 0.343. The predicted octanol–water partition coefficient (Wildman–Crippen LogP) is 2.89. The first kappa shape index (κ1) is 10.1. The van der Waals surface area contributed by atoms with Crippen LogP contribution in [0.4, 0.5) is 0 Å². The van der Waals surface area contributed by atoms with Crippen molar-refractivity contribution in [1.82, 2.24) is 4.98 Å². The molecule has 0 aliphatic rings. The summed E-state index contributed by atoms with van der Waals surface area (Å²) in [6.07, 6.45) is 5.22. The Kier molecular flexibility index (Phi) is 2.99. The average Bonchev–Trinajstić information content (AvgIpc) is 2.27. The van der Waals surface area contributed by atoms with Crippen molar-refractivity contribution in [3.8, 4) is 0 Å². The van der Waals surface area contributed by atoms with Crippen molar-refractivity contribution in [2.75, 3.05) is 6.61 Å². The molecule has 0 aliphatic heterocycles. The molecule has 1 N–H and O–H groups in total. The van der Waals surface area contributed by atoms with Crippen LogP contribution < -0.4 is 0 Å². The molecule has 0 unspecified atom stereocenters. The number of benzene rings is 1. The van der Waals surface area contributed by atoms with Gasteiger partial charge in [0.25, 0.3) is 0 Å². The molecule has 0 spiro atoms. The lowest BCUT2D eigenvalue weighted by atomic mass is 10.1. The van der Waals surface area contributed by atoms with Crippen LogP contribution in [-0.4, -0.2) is 16.7 Å². The Balaban J connectivity index is 2.54. The summed E-state index contributed by atoms with van der Waals surface area (Å²) in [7, 11) is 0. The Labute approximate surface area is 92.8 Å². The van der Waals surface area contributed by atoms with E-state index in [0.717, 1.165) is 16.5 Å². The Bertz CT molecular complexity index is 508. The van der Waals surface area contributed by atoms with E-state index in [4.69, 9.17) is 16.7 Å². The number of halogens is 1. The lowest BCUT2D eigenvalue weighted by Gasteiger charge is -2.00. The van der Waals surface area contributed by atoms with E-state index in [0.29, 0.717) is 5.02 Å². The molecule has 0 bridgehead atoms. The molecule has 15 heavy (non-hydrogen) atoms. The summed E-state index contributed by atoms with van der Waals surface area (Å²) in [6, 6.07) is 7.58. The molecule has 1 aromatic heterocycles. The normalized spacial score (nSPS) is 11.3. The van der Waals surface area contributed by atoms with Crippen molar-refractivity contribution in [3.05, 3.63) is 47.1 Å². The predicted molar refractivity (Wildman–Crippen MR) is 62.9 cm³/mol. The molecular formula is C12H10ClNO. The maximum atomic E-state index is 8.67. The summed E-state index contributed by atoms with van der Waals surface area (Å²) in [5.74, 6) is 0. The molecule has 0 aliphatic carbocycles. The van der Waals surface area contributed by atoms with Crippen molar-refractivity contribution in [2.45, 2.75) is 0 Å². The van der Waals surface area contributed by atoms with Gasteiger partial charge in [-0.3, -0.25) is 4.98 Å². The van der Waals surface area contributed by atoms with Crippen LogP contribution in [0.1, 0.15) is 5.56 Å². The Morgan fingerprint density at radius 2 is 2.20 bits per heavy atom. The van der Waals surface area contributed by atoms with E-state index in [1.54, 1.807) is 18.3 Å². The van der Waals surface area contributed by atoms with Gasteiger partial charge in [0.05, 0.1) is 17.1 Å². The Hall–Kier alpha value is -1.38. The molecule has 0 atom stereocenters. The summed E-state index contributed by atoms with van der Waals surface area (Å²) < 4.78 is 0. The number of aliphatic hydroxyl groups excluding tert-OH is 1. The first-order valence-electron chi connectivity index (χ1n) is 4.63. The van der Waals surface area contributed by atoms with Crippen molar-refractivity contribution in [3.63, 3.8) is 0 Å². The van der Waals surface area contributed by atoms with Gasteiger partial charge >= 0.3 is 0 Å². The lowest BCUT2D eigenvalue weighted by Crippen LogP contribution is -1.81. The fourth-order valence-electron chi connectivity index (χ4n) is 1.42. The molecule has 0 saturated heterocycles. The summed E-state index contributed by atoms with van der Waals surface area (Å²) in [4.78, 5) is 4.21. The topological polar surface area (TPSA) is 33.1 Å². The van der Waals surface area contributed by atoms with Gasteiger partial charge in [-0.2, -0.15) is 0 Å². The van der Waals surface area contributed by atoms with Crippen molar-refractivity contribution in [2.24, 2.45) is 0 Å². The summed E-state index contributed by atoms with van der Waals surface area (Å²) >= 11 is 6.05. The van der Waals surface area contributed by atoms with Gasteiger partial charge in [0.1, 0.15) is 0 Å². The second-order valence-corrected chi connectivity index (χ2v) is 3.56. The first-order valence-corrected chi connectivity index (χ1v) is 5.01. The highest BCUT2D eigenvalue weighted by molar-refractivity contribution is 6.35. The van der Waals surface area contributed by atoms with Crippen molar-refractivity contribution >= 4 is 28.6 Å². The van der Waals surface area contributed by atoms with Crippen LogP contribution in [0.25, 0.3) is 17.0 Å². The van der Waals surface area contributed by atoms with Gasteiger partial charge < -0.3 is 5.11 Å². The number of hydrogen-bond donors (Lipinski definition) is 1. The van der Waals surface area contributed by atoms with Crippen LogP contribution in [0.3, 0.4) is 0 Å². The van der Waals surface area contributed by atoms with Gasteiger partial charge in [0.15, 0.2) is 0 Å². The van der Waals surface area contributed by atoms with E-state index < -0.39 is 0 Å². The number of pyridine rings is 1. The van der Waals surface area contributed by atoms with Crippen LogP contribution in [0.15, 0.2) is 36.5 Å². The largest absolute Gasteiger partial charge is 0.392 e. The molecule has 0 fully saturated rings. The van der Waals surface area contributed by atoms with Gasteiger partial charge in [0, 0.05) is 11.6 Å². The van der Waals surface area contributed by atoms with Crippen molar-refractivity contribution < 1.29 is 5.11 Å². The third-order valence-corrected chi connectivity index (χ3v) is 2.46. The zero-order valence-corrected chi connectivity index (χ0v) is 8.78. The number of fused-ring (bicyclic) bond motifs is 1. The van der Waals surface area contributed by atoms with Crippen LogP contribution in [0.2, 0.25) is 5.02 Å². The van der Waals surface area contributed by atoms with Crippen LogP contribution in [0, 0.1) is 0 Å². The zero-order chi connectivity index (χ0) is 10.7. The standard InChI is InChI=1S/C12H10ClNO/c13-11-5-6-14-12-4-3-9(2-1-7-15)8-10(11)12/h1-6,8,15H,7H2. The number of aromatic nitrogens is 1. The minimum atomic E-state index is 0.0405. The van der Waals surface area contributed by atoms with E-state index >= 15 is 0 Å². The summed E-state index contributed by atoms with van der Waals surface area (Å²) in [5, 5.41) is 10.3. The third kappa shape index (κ3) is 2.17. The van der Waals surface area contributed by atoms with Crippen molar-refractivity contribution in [1.29, 1.82) is 0 Å². The Morgan fingerprint density at radius 3 is 3.00 bits per heavy atom. The average molecular weight is 220 g/mol. The van der Waals surface area contributed by atoms with E-state index in [2.05, 4.69) is 4.98 Å². The van der Waals surface area contributed by atoms with Crippen LogP contribution in [-0.2, 0) is 0 Å². The quantitative estimate of drug-likeness (QED) is 0.843. The van der Waals surface area contributed by atoms with E-state index in [1.807, 2.05) is 24.3 Å². The van der Waals surface area contributed by atoms with Crippen LogP contribution in [0.5, 0.6) is 0 Å². The minimum Gasteiger partial charge on any atom is -0.392 e. The second-order valence-electron chi connectivity index (χ2n) is 3.15. The highest BCUT2D eigenvalue weighted by Gasteiger charge is 1.99. The maximum Gasteiger partial charge on any atom is 0.0717 e. The molecule has 0 saturated carbocycles. The second kappa shape index (κ2) is 4.43. The van der Waals surface area contributed by atoms with E-state index in [-0.39, 0.29) is 6.61 Å². The summed E-state index contributed by atoms with van der Waals surface area (Å²) in [6.45, 7) is 0.0405. The zero-order valence-electron chi connectivity index (χ0n) is 8.02. The smallest absolute Gasteiger partial charge is 0.0717 e. The highest BCUT2D eigenvalue weighted by Crippen LogP contribution is 2.22. The number of rotatable bonds is 2. The number of nitrogens with zero attached hydrogens (tertiary/aromatic N) is 1. The number of aliphatic hydroxyl groups is 1. The molecule has 3 heteroatoms. The molecule has 1 heterocycles. The van der Waals surface area contributed by atoms with E-state index in [1.165, 1.54) is 0 Å². The van der Waals surface area contributed by atoms with Gasteiger partial charge in [-0.05, 0) is 23.8 Å². The molecule has 0 radical (unpaired) electrons. The highest BCUT2D eigenvalue weighted by atomic mass is 35.5. The maximum absolute atomic E-state index is 8.67. The van der Waals surface area contributed by atoms with Gasteiger partial charge in [0.2, 0.25) is 0 Å². The van der Waals surface area contributed by atoms with Gasteiger partial charge in [-0.15, -0.1) is 0 Å². The summed E-state index contributed by atoms with van der Waals surface area (Å²) in [5.41, 5.74) is 1.88. The molecule has 0 amide bonds. The molecule has 1 aromatic carbocycles. The van der Waals surface area contributed by atoms with Gasteiger partial charge in [-0.25, -0.2) is 0 Å². The molecular weight excluding hydrogens is 210 g/mol. The SMILES string of the molecule is OCC=Cc1ccc2nccc(Cl)c2c1. The fourth-order valence-corrected chi connectivity index (χ4v) is 1.63. The molecule has 76 valence electrons. The fraction of sp³-hybridized carbons (Fsp3) is 0.0833. The number of hydrogen-bond acceptors (Lipinski definition) is 2. The monoisotopic (exact) mass is 219 g/mol. The molecule has 2 aromatic rings. The minimum absolute atomic E-state index is 0.0405.